The summed E-state index contributed by atoms with van der Waals surface area (Å²) >= 11 is 3.19. The quantitative estimate of drug-likeness (QED) is 0.570. The molecular formula is C12H16BrN3O3. The third-order valence-corrected chi connectivity index (χ3v) is 2.90. The zero-order valence-electron chi connectivity index (χ0n) is 10.6. The van der Waals surface area contributed by atoms with Gasteiger partial charge in [-0.3, -0.25) is 9.59 Å². The lowest BCUT2D eigenvalue weighted by Crippen LogP contribution is -2.32. The number of amides is 2. The van der Waals surface area contributed by atoms with Gasteiger partial charge >= 0.3 is 0 Å². The van der Waals surface area contributed by atoms with Gasteiger partial charge in [0.25, 0.3) is 5.91 Å². The van der Waals surface area contributed by atoms with Gasteiger partial charge in [-0.05, 0) is 28.1 Å². The van der Waals surface area contributed by atoms with E-state index in [2.05, 4.69) is 31.5 Å². The van der Waals surface area contributed by atoms with Crippen molar-refractivity contribution in [2.45, 2.75) is 6.42 Å². The number of hydrogen-bond acceptors (Lipinski definition) is 4. The first-order chi connectivity index (χ1) is 9.15. The van der Waals surface area contributed by atoms with Crippen LogP contribution in [0, 0.1) is 0 Å². The molecule has 0 atom stereocenters. The molecule has 1 aromatic rings. The van der Waals surface area contributed by atoms with Crippen LogP contribution in [0.1, 0.15) is 16.8 Å². The Labute approximate surface area is 120 Å². The Bertz CT molecular complexity index is 440. The van der Waals surface area contributed by atoms with E-state index in [1.807, 2.05) is 0 Å². The molecule has 2 N–H and O–H groups in total. The summed E-state index contributed by atoms with van der Waals surface area (Å²) in [5.74, 6) is -0.382. The van der Waals surface area contributed by atoms with Crippen LogP contribution in [0.15, 0.2) is 22.9 Å². The molecule has 0 aliphatic heterocycles. The van der Waals surface area contributed by atoms with E-state index in [9.17, 15) is 9.59 Å². The van der Waals surface area contributed by atoms with Gasteiger partial charge in [0.05, 0.1) is 12.2 Å². The molecule has 7 heteroatoms. The van der Waals surface area contributed by atoms with Crippen molar-refractivity contribution in [1.29, 1.82) is 0 Å². The van der Waals surface area contributed by atoms with E-state index >= 15 is 0 Å². The van der Waals surface area contributed by atoms with Crippen molar-refractivity contribution in [3.8, 4) is 0 Å². The highest BCUT2D eigenvalue weighted by Crippen LogP contribution is 2.11. The van der Waals surface area contributed by atoms with Gasteiger partial charge in [0.1, 0.15) is 4.60 Å². The highest BCUT2D eigenvalue weighted by Gasteiger charge is 2.10. The Hall–Kier alpha value is -1.47. The van der Waals surface area contributed by atoms with Crippen molar-refractivity contribution in [3.63, 3.8) is 0 Å². The number of rotatable bonds is 7. The summed E-state index contributed by atoms with van der Waals surface area (Å²) in [6, 6.07) is 3.34. The van der Waals surface area contributed by atoms with Gasteiger partial charge in [-0.25, -0.2) is 4.98 Å². The Morgan fingerprint density at radius 2 is 2.16 bits per heavy atom. The second-order valence-electron chi connectivity index (χ2n) is 3.69. The molecular weight excluding hydrogens is 314 g/mol. The molecule has 104 valence electrons. The van der Waals surface area contributed by atoms with E-state index in [-0.39, 0.29) is 24.8 Å². The minimum absolute atomic E-state index is 0.123. The lowest BCUT2D eigenvalue weighted by atomic mass is 10.2. The molecule has 1 rings (SSSR count). The number of aromatic nitrogens is 1. The second-order valence-corrected chi connectivity index (χ2v) is 4.44. The van der Waals surface area contributed by atoms with Gasteiger partial charge < -0.3 is 15.4 Å². The minimum atomic E-state index is -0.260. The van der Waals surface area contributed by atoms with Crippen LogP contribution in [0.5, 0.6) is 0 Å². The first kappa shape index (κ1) is 15.6. The predicted molar refractivity (Wildman–Crippen MR) is 73.8 cm³/mol. The molecule has 0 aliphatic rings. The SMILES string of the molecule is COCCNC(=O)CCNC(=O)c1cccnc1Br. The van der Waals surface area contributed by atoms with Crippen LogP contribution in [0.3, 0.4) is 0 Å². The van der Waals surface area contributed by atoms with E-state index < -0.39 is 0 Å². The van der Waals surface area contributed by atoms with E-state index in [1.165, 1.54) is 0 Å². The normalized spacial score (nSPS) is 10.0. The van der Waals surface area contributed by atoms with Gasteiger partial charge in [0.2, 0.25) is 5.91 Å². The van der Waals surface area contributed by atoms with Crippen LogP contribution >= 0.6 is 15.9 Å². The fourth-order valence-electron chi connectivity index (χ4n) is 1.32. The number of pyridine rings is 1. The molecule has 1 heterocycles. The maximum absolute atomic E-state index is 11.8. The fourth-order valence-corrected chi connectivity index (χ4v) is 1.75. The Morgan fingerprint density at radius 1 is 1.37 bits per heavy atom. The Kier molecular flexibility index (Phi) is 7.06. The lowest BCUT2D eigenvalue weighted by molar-refractivity contribution is -0.121. The number of methoxy groups -OCH3 is 1. The largest absolute Gasteiger partial charge is 0.383 e. The van der Waals surface area contributed by atoms with Gasteiger partial charge in [-0.2, -0.15) is 0 Å². The van der Waals surface area contributed by atoms with E-state index in [4.69, 9.17) is 4.74 Å². The van der Waals surface area contributed by atoms with Crippen LogP contribution in [0.25, 0.3) is 0 Å². The maximum Gasteiger partial charge on any atom is 0.254 e. The van der Waals surface area contributed by atoms with Crippen LogP contribution in [-0.2, 0) is 9.53 Å². The van der Waals surface area contributed by atoms with Crippen LogP contribution < -0.4 is 10.6 Å². The fraction of sp³-hybridized carbons (Fsp3) is 0.417. The monoisotopic (exact) mass is 329 g/mol. The zero-order chi connectivity index (χ0) is 14.1. The standard InChI is InChI=1S/C12H16BrN3O3/c1-19-8-7-14-10(17)4-6-16-12(18)9-3-2-5-15-11(9)13/h2-3,5H,4,6-8H2,1H3,(H,14,17)(H,16,18). The van der Waals surface area contributed by atoms with E-state index in [0.717, 1.165) is 0 Å². The maximum atomic E-state index is 11.8. The minimum Gasteiger partial charge on any atom is -0.383 e. The predicted octanol–water partition coefficient (Wildman–Crippen LogP) is 0.727. The van der Waals surface area contributed by atoms with E-state index in [0.29, 0.717) is 23.3 Å². The Morgan fingerprint density at radius 3 is 2.84 bits per heavy atom. The first-order valence-corrected chi connectivity index (χ1v) is 6.58. The summed E-state index contributed by atoms with van der Waals surface area (Å²) in [6.07, 6.45) is 1.82. The molecule has 2 amide bonds. The Balaban J connectivity index is 2.28. The molecule has 0 aliphatic carbocycles. The number of halogens is 1. The molecule has 0 unspecified atom stereocenters. The van der Waals surface area contributed by atoms with Crippen molar-refractivity contribution in [3.05, 3.63) is 28.5 Å². The summed E-state index contributed by atoms with van der Waals surface area (Å²) in [4.78, 5) is 27.1. The van der Waals surface area contributed by atoms with Gasteiger partial charge in [-0.15, -0.1) is 0 Å². The number of carbonyl (C=O) groups excluding carboxylic acids is 2. The smallest absolute Gasteiger partial charge is 0.254 e. The number of nitrogens with one attached hydrogen (secondary N) is 2. The molecule has 0 aromatic carbocycles. The number of nitrogens with zero attached hydrogens (tertiary/aromatic N) is 1. The highest BCUT2D eigenvalue weighted by atomic mass is 79.9. The average Bonchev–Trinajstić information content (AvgIpc) is 2.39. The van der Waals surface area contributed by atoms with Gasteiger partial charge in [-0.1, -0.05) is 0 Å². The van der Waals surface area contributed by atoms with Crippen molar-refractivity contribution in [2.75, 3.05) is 26.8 Å². The topological polar surface area (TPSA) is 80.3 Å². The van der Waals surface area contributed by atoms with Crippen molar-refractivity contribution in [1.82, 2.24) is 15.6 Å². The molecule has 0 spiro atoms. The summed E-state index contributed by atoms with van der Waals surface area (Å²) in [6.45, 7) is 1.22. The summed E-state index contributed by atoms with van der Waals surface area (Å²) < 4.78 is 5.29. The van der Waals surface area contributed by atoms with Crippen molar-refractivity contribution in [2.24, 2.45) is 0 Å². The van der Waals surface area contributed by atoms with Crippen LogP contribution in [-0.4, -0.2) is 43.6 Å². The first-order valence-electron chi connectivity index (χ1n) is 5.79. The van der Waals surface area contributed by atoms with Crippen LogP contribution in [0.4, 0.5) is 0 Å². The van der Waals surface area contributed by atoms with Crippen LogP contribution in [0.2, 0.25) is 0 Å². The van der Waals surface area contributed by atoms with Crippen molar-refractivity contribution < 1.29 is 14.3 Å². The molecule has 0 bridgehead atoms. The molecule has 0 fully saturated rings. The molecule has 0 saturated heterocycles. The number of carbonyl (C=O) groups is 2. The van der Waals surface area contributed by atoms with Crippen molar-refractivity contribution >= 4 is 27.7 Å². The number of ether oxygens (including phenoxy) is 1. The molecule has 0 saturated carbocycles. The van der Waals surface area contributed by atoms with Gasteiger partial charge in [0.15, 0.2) is 0 Å². The molecule has 19 heavy (non-hydrogen) atoms. The molecule has 6 nitrogen and oxygen atoms in total. The summed E-state index contributed by atoms with van der Waals surface area (Å²) in [5.41, 5.74) is 0.447. The number of hydrogen-bond donors (Lipinski definition) is 2. The molecule has 0 radical (unpaired) electrons. The van der Waals surface area contributed by atoms with Gasteiger partial charge in [0, 0.05) is 32.8 Å². The second kappa shape index (κ2) is 8.60. The average molecular weight is 330 g/mol. The lowest BCUT2D eigenvalue weighted by Gasteiger charge is -2.07. The summed E-state index contributed by atoms with van der Waals surface area (Å²) in [7, 11) is 1.57. The zero-order valence-corrected chi connectivity index (χ0v) is 12.2. The van der Waals surface area contributed by atoms with E-state index in [1.54, 1.807) is 25.4 Å². The third-order valence-electron chi connectivity index (χ3n) is 2.27. The summed E-state index contributed by atoms with van der Waals surface area (Å²) in [5, 5.41) is 5.33. The third kappa shape index (κ3) is 5.80. The molecule has 1 aromatic heterocycles. The highest BCUT2D eigenvalue weighted by molar-refractivity contribution is 9.10.